The summed E-state index contributed by atoms with van der Waals surface area (Å²) in [6, 6.07) is 0. The van der Waals surface area contributed by atoms with Gasteiger partial charge < -0.3 is 4.79 Å². The highest BCUT2D eigenvalue weighted by Gasteiger charge is 2.00. The van der Waals surface area contributed by atoms with E-state index < -0.39 is 10.0 Å². The summed E-state index contributed by atoms with van der Waals surface area (Å²) in [4.78, 5) is 9.44. The van der Waals surface area contributed by atoms with Crippen molar-refractivity contribution in [2.24, 2.45) is 0 Å². The van der Waals surface area contributed by atoms with Gasteiger partial charge in [-0.3, -0.25) is 0 Å². The van der Waals surface area contributed by atoms with Crippen LogP contribution in [0.5, 0.6) is 0 Å². The molecule has 0 radical (unpaired) electrons. The quantitative estimate of drug-likeness (QED) is 0.576. The van der Waals surface area contributed by atoms with Gasteiger partial charge >= 0.3 is 0 Å². The molecule has 0 rings (SSSR count). The van der Waals surface area contributed by atoms with Crippen molar-refractivity contribution in [3.63, 3.8) is 0 Å². The zero-order valence-electron chi connectivity index (χ0n) is 7.58. The van der Waals surface area contributed by atoms with E-state index in [0.29, 0.717) is 0 Å². The Bertz CT molecular complexity index is 202. The molecule has 0 aliphatic carbocycles. The minimum absolute atomic E-state index is 0.167. The van der Waals surface area contributed by atoms with E-state index >= 15 is 0 Å². The van der Waals surface area contributed by atoms with Gasteiger partial charge in [0.15, 0.2) is 0 Å². The van der Waals surface area contributed by atoms with E-state index in [1.165, 1.54) is 27.9 Å². The van der Waals surface area contributed by atoms with Gasteiger partial charge in [-0.15, -0.1) is 0 Å². The lowest BCUT2D eigenvalue weighted by Gasteiger charge is -2.02. The molecule has 0 bridgehead atoms. The number of nitrogens with zero attached hydrogens (tertiary/aromatic N) is 1. The molecule has 5 heteroatoms. The van der Waals surface area contributed by atoms with Crippen LogP contribution in [0.25, 0.3) is 0 Å². The maximum atomic E-state index is 10.3. The molecule has 0 spiro atoms. The van der Waals surface area contributed by atoms with Crippen molar-refractivity contribution in [2.45, 2.75) is 13.8 Å². The molecule has 4 nitrogen and oxygen atoms in total. The van der Waals surface area contributed by atoms with E-state index in [1.54, 1.807) is 0 Å². The maximum Gasteiger partial charge on any atom is 0.210 e. The molecule has 0 N–H and O–H groups in total. The Morgan fingerprint density at radius 3 is 1.27 bits per heavy atom. The lowest BCUT2D eigenvalue weighted by atomic mass is 10.6. The van der Waals surface area contributed by atoms with Gasteiger partial charge in [0.1, 0.15) is 5.78 Å². The summed E-state index contributed by atoms with van der Waals surface area (Å²) in [6.07, 6.45) is 1.16. The third-order valence-electron chi connectivity index (χ3n) is 0.663. The Morgan fingerprint density at radius 1 is 1.18 bits per heavy atom. The number of hydrogen-bond acceptors (Lipinski definition) is 3. The lowest BCUT2D eigenvalue weighted by Crippen LogP contribution is -2.19. The third kappa shape index (κ3) is 17.7. The fourth-order valence-corrected chi connectivity index (χ4v) is 0. The molecule has 0 unspecified atom stereocenters. The minimum atomic E-state index is -2.91. The van der Waals surface area contributed by atoms with Crippen LogP contribution in [0.2, 0.25) is 0 Å². The lowest BCUT2D eigenvalue weighted by molar-refractivity contribution is -0.114. The molecular weight excluding hydrogens is 166 g/mol. The van der Waals surface area contributed by atoms with E-state index in [1.807, 2.05) is 0 Å². The van der Waals surface area contributed by atoms with Crippen molar-refractivity contribution < 1.29 is 13.2 Å². The molecule has 0 amide bonds. The third-order valence-corrected chi connectivity index (χ3v) is 1.99. The number of sulfonamides is 1. The van der Waals surface area contributed by atoms with Crippen LogP contribution in [0.4, 0.5) is 0 Å². The fourth-order valence-electron chi connectivity index (χ4n) is 0. The standard InChI is InChI=1S/C3H9NO2S.C3H6O/c1-4(2)7(3,5)6;1-3(2)4/h1-3H3;1-2H3. The predicted molar refractivity (Wildman–Crippen MR) is 44.9 cm³/mol. The van der Waals surface area contributed by atoms with Crippen molar-refractivity contribution in [2.75, 3.05) is 20.4 Å². The maximum absolute atomic E-state index is 10.3. The van der Waals surface area contributed by atoms with Crippen LogP contribution in [0, 0.1) is 0 Å². The highest BCUT2D eigenvalue weighted by atomic mass is 32.2. The molecule has 0 fully saturated rings. The molecule has 0 aliphatic rings. The molecule has 11 heavy (non-hydrogen) atoms. The van der Waals surface area contributed by atoms with Crippen molar-refractivity contribution in [1.82, 2.24) is 4.31 Å². The van der Waals surface area contributed by atoms with Crippen LogP contribution in [0.15, 0.2) is 0 Å². The highest BCUT2D eigenvalue weighted by molar-refractivity contribution is 7.88. The Hall–Kier alpha value is -0.420. The van der Waals surface area contributed by atoms with E-state index in [-0.39, 0.29) is 5.78 Å². The number of carbonyl (C=O) groups is 1. The van der Waals surface area contributed by atoms with Gasteiger partial charge in [-0.2, -0.15) is 0 Å². The van der Waals surface area contributed by atoms with Crippen LogP contribution in [0.1, 0.15) is 13.8 Å². The van der Waals surface area contributed by atoms with Crippen LogP contribution >= 0.6 is 0 Å². The minimum Gasteiger partial charge on any atom is -0.300 e. The van der Waals surface area contributed by atoms with Crippen LogP contribution in [-0.4, -0.2) is 38.9 Å². The SMILES string of the molecule is CC(C)=O.CN(C)S(C)(=O)=O. The van der Waals surface area contributed by atoms with Gasteiger partial charge in [-0.25, -0.2) is 12.7 Å². The zero-order chi connectivity index (χ0) is 9.65. The van der Waals surface area contributed by atoms with E-state index in [2.05, 4.69) is 0 Å². The van der Waals surface area contributed by atoms with Gasteiger partial charge in [0.05, 0.1) is 6.26 Å². The van der Waals surface area contributed by atoms with Crippen molar-refractivity contribution in [3.8, 4) is 0 Å². The second-order valence-corrected chi connectivity index (χ2v) is 4.65. The van der Waals surface area contributed by atoms with Crippen molar-refractivity contribution >= 4 is 15.8 Å². The van der Waals surface area contributed by atoms with Crippen LogP contribution < -0.4 is 0 Å². The van der Waals surface area contributed by atoms with Gasteiger partial charge in [-0.1, -0.05) is 0 Å². The average molecular weight is 181 g/mol. The molecule has 68 valence electrons. The van der Waals surface area contributed by atoms with Crippen molar-refractivity contribution in [1.29, 1.82) is 0 Å². The molecule has 0 aromatic rings. The zero-order valence-corrected chi connectivity index (χ0v) is 8.40. The number of ketones is 1. The topological polar surface area (TPSA) is 54.5 Å². The summed E-state index contributed by atoms with van der Waals surface area (Å²) in [5.74, 6) is 0.167. The monoisotopic (exact) mass is 181 g/mol. The smallest absolute Gasteiger partial charge is 0.210 e. The first-order valence-electron chi connectivity index (χ1n) is 3.02. The molecular formula is C6H15NO3S. The molecule has 0 saturated carbocycles. The molecule has 0 heterocycles. The second kappa shape index (κ2) is 5.26. The van der Waals surface area contributed by atoms with E-state index in [4.69, 9.17) is 0 Å². The van der Waals surface area contributed by atoms with Gasteiger partial charge in [0.2, 0.25) is 10.0 Å². The number of rotatable bonds is 1. The average Bonchev–Trinajstić information content (AvgIpc) is 1.59. The Labute approximate surface area is 68.3 Å². The Balaban J connectivity index is 0. The normalized spacial score (nSPS) is 10.4. The summed E-state index contributed by atoms with van der Waals surface area (Å²) in [5.41, 5.74) is 0. The predicted octanol–water partition coefficient (Wildman–Crippen LogP) is 0.103. The van der Waals surface area contributed by atoms with Gasteiger partial charge in [-0.05, 0) is 13.8 Å². The summed E-state index contributed by atoms with van der Waals surface area (Å²) in [6.45, 7) is 3.06. The first-order valence-corrected chi connectivity index (χ1v) is 4.87. The van der Waals surface area contributed by atoms with E-state index in [9.17, 15) is 13.2 Å². The highest BCUT2D eigenvalue weighted by Crippen LogP contribution is 1.82. The fraction of sp³-hybridized carbons (Fsp3) is 0.833. The Morgan fingerprint density at radius 2 is 1.27 bits per heavy atom. The molecule has 0 aromatic carbocycles. The van der Waals surface area contributed by atoms with Crippen molar-refractivity contribution in [3.05, 3.63) is 0 Å². The molecule has 0 aliphatic heterocycles. The number of hydrogen-bond donors (Lipinski definition) is 0. The first kappa shape index (κ1) is 13.2. The van der Waals surface area contributed by atoms with Crippen LogP contribution in [0.3, 0.4) is 0 Å². The van der Waals surface area contributed by atoms with Gasteiger partial charge in [0, 0.05) is 14.1 Å². The summed E-state index contributed by atoms with van der Waals surface area (Å²) < 4.78 is 21.7. The summed E-state index contributed by atoms with van der Waals surface area (Å²) in [7, 11) is 0.0833. The largest absolute Gasteiger partial charge is 0.300 e. The van der Waals surface area contributed by atoms with E-state index in [0.717, 1.165) is 10.6 Å². The van der Waals surface area contributed by atoms with Crippen LogP contribution in [-0.2, 0) is 14.8 Å². The molecule has 0 atom stereocenters. The number of Topliss-reactive ketones (excluding diaryl/α,β-unsaturated/α-hetero) is 1. The molecule has 0 aromatic heterocycles. The first-order chi connectivity index (χ1) is 4.68. The Kier molecular flexibility index (Phi) is 6.31. The second-order valence-electron chi connectivity index (χ2n) is 2.45. The summed E-state index contributed by atoms with van der Waals surface area (Å²) >= 11 is 0. The molecule has 0 saturated heterocycles. The van der Waals surface area contributed by atoms with Gasteiger partial charge in [0.25, 0.3) is 0 Å². The number of carbonyl (C=O) groups excluding carboxylic acids is 1. The summed E-state index contributed by atoms with van der Waals surface area (Å²) in [5, 5.41) is 0.